The fourth-order valence-corrected chi connectivity index (χ4v) is 4.24. The molecule has 0 aliphatic carbocycles. The molecule has 0 spiro atoms. The first-order chi connectivity index (χ1) is 9.20. The Bertz CT molecular complexity index is 620. The summed E-state index contributed by atoms with van der Waals surface area (Å²) in [4.78, 5) is 11.8. The summed E-state index contributed by atoms with van der Waals surface area (Å²) in [6.45, 7) is 3.94. The molecule has 1 aromatic rings. The van der Waals surface area contributed by atoms with Gasteiger partial charge in [-0.1, -0.05) is 13.8 Å². The molecule has 1 unspecified atom stereocenters. The van der Waals surface area contributed by atoms with Gasteiger partial charge in [-0.15, -0.1) is 0 Å². The lowest BCUT2D eigenvalue weighted by Gasteiger charge is -2.28. The number of carboxylic acid groups (broad SMARTS) is 1. The monoisotopic (exact) mass is 300 g/mol. The highest BCUT2D eigenvalue weighted by atomic mass is 32.2. The van der Waals surface area contributed by atoms with Gasteiger partial charge in [-0.05, 0) is 18.4 Å². The van der Waals surface area contributed by atoms with Crippen molar-refractivity contribution in [2.45, 2.75) is 25.2 Å². The Hall–Kier alpha value is -1.34. The zero-order valence-electron chi connectivity index (χ0n) is 11.9. The fraction of sp³-hybridized carbons (Fsp3) is 0.615. The number of aliphatic carboxylic acids is 1. The molecule has 1 aromatic heterocycles. The number of sulfonamides is 1. The molecule has 1 atom stereocenters. The first kappa shape index (κ1) is 15.1. The molecule has 0 bridgehead atoms. The zero-order valence-corrected chi connectivity index (χ0v) is 12.7. The molecular weight excluding hydrogens is 280 g/mol. The Morgan fingerprint density at radius 3 is 2.50 bits per heavy atom. The Morgan fingerprint density at radius 1 is 1.45 bits per heavy atom. The Kier molecular flexibility index (Phi) is 3.68. The van der Waals surface area contributed by atoms with Crippen molar-refractivity contribution in [2.75, 3.05) is 13.1 Å². The molecule has 20 heavy (non-hydrogen) atoms. The van der Waals surface area contributed by atoms with Gasteiger partial charge in [0.05, 0.1) is 10.3 Å². The number of nitrogens with zero attached hydrogens (tertiary/aromatic N) is 2. The molecule has 2 heterocycles. The maximum absolute atomic E-state index is 12.5. The molecule has 0 amide bonds. The number of carboxylic acids is 1. The number of carbonyl (C=O) groups is 1. The molecule has 1 aliphatic rings. The van der Waals surface area contributed by atoms with E-state index in [0.29, 0.717) is 6.42 Å². The Balaban J connectivity index is 2.31. The molecule has 1 aliphatic heterocycles. The van der Waals surface area contributed by atoms with Crippen LogP contribution in [-0.4, -0.2) is 41.5 Å². The van der Waals surface area contributed by atoms with Crippen LogP contribution >= 0.6 is 0 Å². The number of aryl methyl sites for hydroxylation is 1. The van der Waals surface area contributed by atoms with E-state index in [9.17, 15) is 18.3 Å². The average Bonchev–Trinajstić information content (AvgIpc) is 2.95. The highest BCUT2D eigenvalue weighted by Gasteiger charge is 2.50. The summed E-state index contributed by atoms with van der Waals surface area (Å²) in [7, 11) is -1.86. The summed E-state index contributed by atoms with van der Waals surface area (Å²) in [5.74, 6) is -1.03. The second-order valence-corrected chi connectivity index (χ2v) is 7.66. The van der Waals surface area contributed by atoms with Crippen molar-refractivity contribution < 1.29 is 18.3 Å². The van der Waals surface area contributed by atoms with E-state index in [1.165, 1.54) is 16.6 Å². The lowest BCUT2D eigenvalue weighted by Crippen LogP contribution is -2.40. The van der Waals surface area contributed by atoms with Crippen molar-refractivity contribution in [2.24, 2.45) is 18.4 Å². The van der Waals surface area contributed by atoms with E-state index in [0.717, 1.165) is 0 Å². The minimum absolute atomic E-state index is 0.0389. The van der Waals surface area contributed by atoms with Gasteiger partial charge in [-0.3, -0.25) is 4.79 Å². The molecule has 1 fully saturated rings. The van der Waals surface area contributed by atoms with E-state index in [1.807, 2.05) is 13.8 Å². The number of hydrogen-bond acceptors (Lipinski definition) is 3. The maximum atomic E-state index is 12.5. The molecule has 112 valence electrons. The average molecular weight is 300 g/mol. The first-order valence-corrected chi connectivity index (χ1v) is 8.00. The molecule has 2 rings (SSSR count). The van der Waals surface area contributed by atoms with Crippen LogP contribution in [0.1, 0.15) is 20.3 Å². The molecule has 1 N–H and O–H groups in total. The van der Waals surface area contributed by atoms with Crippen molar-refractivity contribution in [3.8, 4) is 0 Å². The summed E-state index contributed by atoms with van der Waals surface area (Å²) >= 11 is 0. The second kappa shape index (κ2) is 4.89. The molecule has 0 radical (unpaired) electrons. The van der Waals surface area contributed by atoms with Gasteiger partial charge in [-0.25, -0.2) is 8.42 Å². The summed E-state index contributed by atoms with van der Waals surface area (Å²) in [6, 6.07) is 1.53. The van der Waals surface area contributed by atoms with Crippen LogP contribution in [0.15, 0.2) is 23.4 Å². The normalized spacial score (nSPS) is 24.4. The van der Waals surface area contributed by atoms with E-state index < -0.39 is 21.4 Å². The van der Waals surface area contributed by atoms with Gasteiger partial charge in [-0.2, -0.15) is 4.31 Å². The van der Waals surface area contributed by atoms with E-state index in [2.05, 4.69) is 0 Å². The van der Waals surface area contributed by atoms with Gasteiger partial charge in [0.1, 0.15) is 0 Å². The lowest BCUT2D eigenvalue weighted by atomic mass is 9.77. The van der Waals surface area contributed by atoms with E-state index in [4.69, 9.17) is 0 Å². The lowest BCUT2D eigenvalue weighted by molar-refractivity contribution is -0.150. The molecule has 1 saturated heterocycles. The Morgan fingerprint density at radius 2 is 2.10 bits per heavy atom. The quantitative estimate of drug-likeness (QED) is 0.904. The number of hydrogen-bond donors (Lipinski definition) is 1. The topological polar surface area (TPSA) is 79.6 Å². The van der Waals surface area contributed by atoms with Gasteiger partial charge >= 0.3 is 5.97 Å². The van der Waals surface area contributed by atoms with Crippen molar-refractivity contribution in [1.29, 1.82) is 0 Å². The van der Waals surface area contributed by atoms with Gasteiger partial charge in [0.2, 0.25) is 10.0 Å². The minimum Gasteiger partial charge on any atom is -0.481 e. The first-order valence-electron chi connectivity index (χ1n) is 6.55. The van der Waals surface area contributed by atoms with Crippen molar-refractivity contribution >= 4 is 16.0 Å². The van der Waals surface area contributed by atoms with E-state index >= 15 is 0 Å². The minimum atomic E-state index is -3.61. The van der Waals surface area contributed by atoms with Crippen molar-refractivity contribution in [1.82, 2.24) is 8.87 Å². The highest BCUT2D eigenvalue weighted by Crippen LogP contribution is 2.40. The summed E-state index contributed by atoms with van der Waals surface area (Å²) in [5.41, 5.74) is -0.984. The maximum Gasteiger partial charge on any atom is 0.311 e. The van der Waals surface area contributed by atoms with Gasteiger partial charge < -0.3 is 9.67 Å². The molecule has 6 nitrogen and oxygen atoms in total. The molecule has 0 aromatic carbocycles. The van der Waals surface area contributed by atoms with Crippen molar-refractivity contribution in [3.63, 3.8) is 0 Å². The SMILES string of the molecule is CC(C)C1(C(=O)O)CCN(S(=O)(=O)c2ccn(C)c2)C1. The zero-order chi connectivity index (χ0) is 15.1. The smallest absolute Gasteiger partial charge is 0.311 e. The predicted molar refractivity (Wildman–Crippen MR) is 73.7 cm³/mol. The van der Waals surface area contributed by atoms with Crippen LogP contribution in [0, 0.1) is 11.3 Å². The number of aromatic nitrogens is 1. The van der Waals surface area contributed by atoms with Gasteiger partial charge in [0.25, 0.3) is 0 Å². The predicted octanol–water partition coefficient (Wildman–Crippen LogP) is 1.15. The van der Waals surface area contributed by atoms with Crippen LogP contribution in [0.25, 0.3) is 0 Å². The van der Waals surface area contributed by atoms with Crippen molar-refractivity contribution in [3.05, 3.63) is 18.5 Å². The van der Waals surface area contributed by atoms with E-state index in [-0.39, 0.29) is 23.9 Å². The van der Waals surface area contributed by atoms with Crippen LogP contribution in [0.4, 0.5) is 0 Å². The third kappa shape index (κ3) is 2.25. The number of rotatable bonds is 4. The summed E-state index contributed by atoms with van der Waals surface area (Å²) < 4.78 is 28.0. The third-order valence-corrected chi connectivity index (χ3v) is 6.07. The summed E-state index contributed by atoms with van der Waals surface area (Å²) in [6.07, 6.45) is 3.55. The molecule has 7 heteroatoms. The molecule has 0 saturated carbocycles. The van der Waals surface area contributed by atoms with Crippen LogP contribution < -0.4 is 0 Å². The van der Waals surface area contributed by atoms with Crippen LogP contribution in [0.2, 0.25) is 0 Å². The van der Waals surface area contributed by atoms with E-state index in [1.54, 1.807) is 17.8 Å². The van der Waals surface area contributed by atoms with Crippen LogP contribution in [0.3, 0.4) is 0 Å². The second-order valence-electron chi connectivity index (χ2n) is 5.72. The Labute approximate surface area is 119 Å². The third-order valence-electron chi connectivity index (χ3n) is 4.24. The largest absolute Gasteiger partial charge is 0.481 e. The standard InChI is InChI=1S/C13H20N2O4S/c1-10(2)13(12(16)17)5-7-15(9-13)20(18,19)11-4-6-14(3)8-11/h4,6,8,10H,5,7,9H2,1-3H3,(H,16,17). The van der Waals surface area contributed by atoms with Gasteiger partial charge in [0, 0.05) is 32.5 Å². The van der Waals surface area contributed by atoms with Crippen LogP contribution in [0.5, 0.6) is 0 Å². The molecular formula is C13H20N2O4S. The fourth-order valence-electron chi connectivity index (χ4n) is 2.67. The van der Waals surface area contributed by atoms with Gasteiger partial charge in [0.15, 0.2) is 0 Å². The van der Waals surface area contributed by atoms with Crippen LogP contribution in [-0.2, 0) is 21.9 Å². The summed E-state index contributed by atoms with van der Waals surface area (Å²) in [5, 5.41) is 9.47. The highest BCUT2D eigenvalue weighted by molar-refractivity contribution is 7.89.